The van der Waals surface area contributed by atoms with Gasteiger partial charge in [-0.25, -0.2) is 4.79 Å². The Labute approximate surface area is 205 Å². The molecule has 172 valence electrons. The Kier molecular flexibility index (Phi) is 6.79. The summed E-state index contributed by atoms with van der Waals surface area (Å²) in [6.45, 7) is 1.95. The minimum absolute atomic E-state index is 0.160. The number of ether oxygens (including phenoxy) is 2. The van der Waals surface area contributed by atoms with Crippen LogP contribution < -0.4 is 14.5 Å². The smallest absolute Gasteiger partial charge is 0.335 e. The molecule has 1 amide bonds. The van der Waals surface area contributed by atoms with Crippen molar-refractivity contribution >= 4 is 45.3 Å². The Balaban J connectivity index is 1.58. The van der Waals surface area contributed by atoms with Crippen molar-refractivity contribution in [2.45, 2.75) is 13.5 Å². The predicted octanol–water partition coefficient (Wildman–Crippen LogP) is 5.54. The molecular weight excluding hydrogens is 500 g/mol. The average molecular weight is 521 g/mol. The van der Waals surface area contributed by atoms with Gasteiger partial charge in [-0.15, -0.1) is 0 Å². The van der Waals surface area contributed by atoms with E-state index in [1.807, 2.05) is 36.4 Å². The summed E-state index contributed by atoms with van der Waals surface area (Å²) in [5.74, 6) is -0.267. The fourth-order valence-corrected chi connectivity index (χ4v) is 4.08. The number of rotatable bonds is 7. The zero-order valence-electron chi connectivity index (χ0n) is 18.5. The fraction of sp³-hybridized carbons (Fsp3) is 0.115. The largest absolute Gasteiger partial charge is 0.493 e. The molecule has 4 rings (SSSR count). The molecule has 0 aromatic heterocycles. The van der Waals surface area contributed by atoms with Gasteiger partial charge in [0.05, 0.1) is 34.1 Å². The Morgan fingerprint density at radius 2 is 1.88 bits per heavy atom. The lowest BCUT2D eigenvalue weighted by molar-refractivity contribution is -0.114. The van der Waals surface area contributed by atoms with E-state index in [4.69, 9.17) is 9.47 Å². The van der Waals surface area contributed by atoms with Crippen molar-refractivity contribution in [2.75, 3.05) is 12.1 Å². The predicted molar refractivity (Wildman–Crippen MR) is 133 cm³/mol. The number of anilines is 1. The molecule has 1 heterocycles. The summed E-state index contributed by atoms with van der Waals surface area (Å²) < 4.78 is 12.1. The summed E-state index contributed by atoms with van der Waals surface area (Å²) in [6, 6.07) is 19.4. The minimum Gasteiger partial charge on any atom is -0.493 e. The lowest BCUT2D eigenvalue weighted by Crippen LogP contribution is -2.21. The third-order valence-corrected chi connectivity index (χ3v) is 5.77. The van der Waals surface area contributed by atoms with Gasteiger partial charge in [0.2, 0.25) is 0 Å². The van der Waals surface area contributed by atoms with Crippen molar-refractivity contribution in [3.8, 4) is 11.5 Å². The number of carbonyl (C=O) groups is 2. The van der Waals surface area contributed by atoms with Crippen molar-refractivity contribution in [1.29, 1.82) is 0 Å². The van der Waals surface area contributed by atoms with Crippen molar-refractivity contribution in [2.24, 2.45) is 5.10 Å². The summed E-state index contributed by atoms with van der Waals surface area (Å²) in [6.07, 6.45) is 1.76. The lowest BCUT2D eigenvalue weighted by atomic mass is 10.1. The molecule has 1 aliphatic heterocycles. The Hall–Kier alpha value is -3.91. The molecule has 0 atom stereocenters. The molecular formula is C26H21BrN2O5. The molecule has 1 aliphatic rings. The molecule has 0 spiro atoms. The highest BCUT2D eigenvalue weighted by Crippen LogP contribution is 2.38. The van der Waals surface area contributed by atoms with E-state index in [9.17, 15) is 14.7 Å². The monoisotopic (exact) mass is 520 g/mol. The van der Waals surface area contributed by atoms with E-state index in [-0.39, 0.29) is 18.1 Å². The zero-order valence-corrected chi connectivity index (χ0v) is 20.1. The number of carbonyl (C=O) groups excluding carboxylic acids is 1. The van der Waals surface area contributed by atoms with Crippen LogP contribution in [-0.4, -0.2) is 29.8 Å². The van der Waals surface area contributed by atoms with Crippen molar-refractivity contribution < 1.29 is 24.2 Å². The maximum absolute atomic E-state index is 13.0. The second-order valence-electron chi connectivity index (χ2n) is 7.52. The number of hydrazone groups is 1. The van der Waals surface area contributed by atoms with Crippen LogP contribution in [0.1, 0.15) is 28.4 Å². The van der Waals surface area contributed by atoms with Gasteiger partial charge in [0.1, 0.15) is 6.61 Å². The van der Waals surface area contributed by atoms with Crippen LogP contribution in [-0.2, 0) is 11.4 Å². The Morgan fingerprint density at radius 3 is 2.59 bits per heavy atom. The molecule has 8 heteroatoms. The molecule has 0 radical (unpaired) electrons. The number of para-hydroxylation sites is 1. The third-order valence-electron chi connectivity index (χ3n) is 5.18. The molecule has 0 aliphatic carbocycles. The van der Waals surface area contributed by atoms with E-state index in [0.29, 0.717) is 38.5 Å². The van der Waals surface area contributed by atoms with Crippen molar-refractivity contribution in [1.82, 2.24) is 0 Å². The highest BCUT2D eigenvalue weighted by Gasteiger charge is 2.28. The third kappa shape index (κ3) is 4.87. The van der Waals surface area contributed by atoms with Gasteiger partial charge in [0, 0.05) is 0 Å². The number of carboxylic acids is 1. The van der Waals surface area contributed by atoms with Crippen LogP contribution in [0.15, 0.2) is 81.9 Å². The molecule has 0 unspecified atom stereocenters. The van der Waals surface area contributed by atoms with Crippen LogP contribution in [0, 0.1) is 0 Å². The fourth-order valence-electron chi connectivity index (χ4n) is 3.51. The lowest BCUT2D eigenvalue weighted by Gasteiger charge is -2.14. The summed E-state index contributed by atoms with van der Waals surface area (Å²) in [5, 5.41) is 15.0. The number of hydrogen-bond donors (Lipinski definition) is 1. The summed E-state index contributed by atoms with van der Waals surface area (Å²) in [5.41, 5.74) is 3.43. The summed E-state index contributed by atoms with van der Waals surface area (Å²) in [4.78, 5) is 24.2. The van der Waals surface area contributed by atoms with Gasteiger partial charge in [-0.1, -0.05) is 30.3 Å². The van der Waals surface area contributed by atoms with E-state index in [0.717, 1.165) is 5.56 Å². The van der Waals surface area contributed by atoms with Crippen LogP contribution in [0.25, 0.3) is 6.08 Å². The van der Waals surface area contributed by atoms with E-state index in [1.165, 1.54) is 18.2 Å². The first-order valence-corrected chi connectivity index (χ1v) is 11.2. The SMILES string of the molecule is COc1cc(/C=C2/C(=O)N(c3ccccc3)N=C2C)cc(Br)c1OCc1cccc(C(=O)O)c1. The van der Waals surface area contributed by atoms with E-state index < -0.39 is 5.97 Å². The summed E-state index contributed by atoms with van der Waals surface area (Å²) in [7, 11) is 1.53. The second kappa shape index (κ2) is 9.93. The van der Waals surface area contributed by atoms with Crippen LogP contribution in [0.5, 0.6) is 11.5 Å². The number of aromatic carboxylic acids is 1. The quantitative estimate of drug-likeness (QED) is 0.413. The van der Waals surface area contributed by atoms with Gasteiger partial charge in [0.25, 0.3) is 5.91 Å². The van der Waals surface area contributed by atoms with Gasteiger partial charge in [-0.3, -0.25) is 4.79 Å². The maximum atomic E-state index is 13.0. The van der Waals surface area contributed by atoms with Crippen molar-refractivity contribution in [3.63, 3.8) is 0 Å². The number of halogens is 1. The number of hydrogen-bond acceptors (Lipinski definition) is 5. The maximum Gasteiger partial charge on any atom is 0.335 e. The van der Waals surface area contributed by atoms with Gasteiger partial charge < -0.3 is 14.6 Å². The topological polar surface area (TPSA) is 88.4 Å². The molecule has 0 bridgehead atoms. The molecule has 1 N–H and O–H groups in total. The van der Waals surface area contributed by atoms with E-state index in [1.54, 1.807) is 37.3 Å². The average Bonchev–Trinajstić information content (AvgIpc) is 3.12. The first-order chi connectivity index (χ1) is 16.4. The van der Waals surface area contributed by atoms with Crippen LogP contribution in [0.2, 0.25) is 0 Å². The van der Waals surface area contributed by atoms with Crippen LogP contribution in [0.3, 0.4) is 0 Å². The number of methoxy groups -OCH3 is 1. The highest BCUT2D eigenvalue weighted by molar-refractivity contribution is 9.10. The Bertz CT molecular complexity index is 1320. The molecule has 0 fully saturated rings. The van der Waals surface area contributed by atoms with Gasteiger partial charge in [0.15, 0.2) is 11.5 Å². The molecule has 3 aromatic rings. The number of benzene rings is 3. The first kappa shape index (κ1) is 23.3. The molecule has 7 nitrogen and oxygen atoms in total. The normalized spacial score (nSPS) is 14.3. The Morgan fingerprint density at radius 1 is 1.12 bits per heavy atom. The minimum atomic E-state index is -0.996. The highest BCUT2D eigenvalue weighted by atomic mass is 79.9. The number of amides is 1. The number of nitrogens with zero attached hydrogens (tertiary/aromatic N) is 2. The van der Waals surface area contributed by atoms with Crippen LogP contribution >= 0.6 is 15.9 Å². The van der Waals surface area contributed by atoms with E-state index in [2.05, 4.69) is 21.0 Å². The molecule has 34 heavy (non-hydrogen) atoms. The van der Waals surface area contributed by atoms with E-state index >= 15 is 0 Å². The summed E-state index contributed by atoms with van der Waals surface area (Å²) >= 11 is 3.52. The van der Waals surface area contributed by atoms with Crippen molar-refractivity contribution in [3.05, 3.63) is 93.5 Å². The zero-order chi connectivity index (χ0) is 24.2. The second-order valence-corrected chi connectivity index (χ2v) is 8.38. The molecule has 3 aromatic carbocycles. The molecule has 0 saturated heterocycles. The van der Waals surface area contributed by atoms with Gasteiger partial charge in [-0.2, -0.15) is 10.1 Å². The van der Waals surface area contributed by atoms with Crippen LogP contribution in [0.4, 0.5) is 5.69 Å². The van der Waals surface area contributed by atoms with Gasteiger partial charge >= 0.3 is 5.97 Å². The number of carboxylic acid groups (broad SMARTS) is 1. The standard InChI is InChI=1S/C26H21BrN2O5/c1-16-21(25(30)29(28-16)20-9-4-3-5-10-20)12-18-13-22(27)24(23(14-18)33-2)34-15-17-7-6-8-19(11-17)26(31)32/h3-14H,15H2,1-2H3,(H,31,32)/b21-12+. The van der Waals surface area contributed by atoms with Gasteiger partial charge in [-0.05, 0) is 76.5 Å². The molecule has 0 saturated carbocycles. The first-order valence-electron chi connectivity index (χ1n) is 10.4.